The maximum atomic E-state index is 4.50. The minimum atomic E-state index is 0.708. The lowest BCUT2D eigenvalue weighted by atomic mass is 10.2. The highest BCUT2D eigenvalue weighted by atomic mass is 32.1. The molecule has 0 unspecified atom stereocenters. The van der Waals surface area contributed by atoms with Crippen LogP contribution >= 0.6 is 11.3 Å². The van der Waals surface area contributed by atoms with E-state index in [4.69, 9.17) is 0 Å². The molecular weight excluding hydrogens is 230 g/mol. The molecule has 0 amide bonds. The van der Waals surface area contributed by atoms with Crippen molar-refractivity contribution in [1.82, 2.24) is 10.3 Å². The molecule has 1 aliphatic carbocycles. The molecule has 0 atom stereocenters. The molecule has 0 aliphatic heterocycles. The normalized spacial score (nSPS) is 15.5. The molecule has 1 heterocycles. The summed E-state index contributed by atoms with van der Waals surface area (Å²) in [6.45, 7) is 7.66. The van der Waals surface area contributed by atoms with Gasteiger partial charge in [-0.05, 0) is 31.2 Å². The Kier molecular flexibility index (Phi) is 4.40. The first kappa shape index (κ1) is 12.8. The van der Waals surface area contributed by atoms with Crippen LogP contribution in [0.1, 0.15) is 31.6 Å². The molecular formula is C13H23N3S. The molecule has 1 aromatic rings. The van der Waals surface area contributed by atoms with Gasteiger partial charge in [0.1, 0.15) is 0 Å². The molecule has 0 radical (unpaired) electrons. The van der Waals surface area contributed by atoms with Crippen LogP contribution in [0.2, 0.25) is 0 Å². The highest BCUT2D eigenvalue weighted by Crippen LogP contribution is 2.31. The highest BCUT2D eigenvalue weighted by Gasteiger charge is 2.23. The molecule has 1 fully saturated rings. The van der Waals surface area contributed by atoms with E-state index >= 15 is 0 Å². The van der Waals surface area contributed by atoms with Crippen LogP contribution < -0.4 is 10.2 Å². The second-order valence-corrected chi connectivity index (χ2v) is 6.55. The first-order valence-corrected chi connectivity index (χ1v) is 7.33. The predicted octanol–water partition coefficient (Wildman–Crippen LogP) is 2.73. The average Bonchev–Trinajstić information content (AvgIpc) is 2.94. The summed E-state index contributed by atoms with van der Waals surface area (Å²) >= 11 is 1.81. The van der Waals surface area contributed by atoms with Crippen LogP contribution in [0, 0.1) is 11.8 Å². The van der Waals surface area contributed by atoms with Crippen molar-refractivity contribution >= 4 is 16.5 Å². The van der Waals surface area contributed by atoms with E-state index in [1.807, 2.05) is 17.5 Å². The molecule has 2 rings (SSSR count). The Bertz CT molecular complexity index is 344. The van der Waals surface area contributed by atoms with Crippen molar-refractivity contribution in [2.75, 3.05) is 25.0 Å². The van der Waals surface area contributed by atoms with E-state index in [0.29, 0.717) is 5.92 Å². The van der Waals surface area contributed by atoms with Gasteiger partial charge in [-0.25, -0.2) is 4.98 Å². The molecule has 1 aliphatic rings. The Hall–Kier alpha value is -0.610. The topological polar surface area (TPSA) is 28.2 Å². The summed E-state index contributed by atoms with van der Waals surface area (Å²) in [4.78, 5) is 8.14. The van der Waals surface area contributed by atoms with Crippen molar-refractivity contribution in [2.45, 2.75) is 33.2 Å². The summed E-state index contributed by atoms with van der Waals surface area (Å²) in [7, 11) is 2.16. The molecule has 96 valence electrons. The number of rotatable bonds is 7. The molecule has 4 heteroatoms. The Balaban J connectivity index is 1.77. The third-order valence-electron chi connectivity index (χ3n) is 2.95. The molecule has 1 saturated carbocycles. The summed E-state index contributed by atoms with van der Waals surface area (Å²) in [6, 6.07) is 0. The number of anilines is 1. The van der Waals surface area contributed by atoms with E-state index in [0.717, 1.165) is 19.0 Å². The summed E-state index contributed by atoms with van der Waals surface area (Å²) in [5, 5.41) is 4.62. The second-order valence-electron chi connectivity index (χ2n) is 5.46. The van der Waals surface area contributed by atoms with Gasteiger partial charge in [-0.2, -0.15) is 0 Å². The average molecular weight is 253 g/mol. The van der Waals surface area contributed by atoms with E-state index < -0.39 is 0 Å². The van der Waals surface area contributed by atoms with Gasteiger partial charge in [0.05, 0.1) is 0 Å². The molecule has 3 nitrogen and oxygen atoms in total. The first-order valence-electron chi connectivity index (χ1n) is 6.51. The minimum absolute atomic E-state index is 0.708. The zero-order chi connectivity index (χ0) is 12.3. The quantitative estimate of drug-likeness (QED) is 0.810. The number of hydrogen-bond acceptors (Lipinski definition) is 4. The minimum Gasteiger partial charge on any atom is -0.351 e. The third-order valence-corrected chi connectivity index (χ3v) is 4.06. The van der Waals surface area contributed by atoms with E-state index in [1.165, 1.54) is 29.4 Å². The summed E-state index contributed by atoms with van der Waals surface area (Å²) < 4.78 is 0. The first-order chi connectivity index (χ1) is 8.15. The number of nitrogens with zero attached hydrogens (tertiary/aromatic N) is 2. The summed E-state index contributed by atoms with van der Waals surface area (Å²) in [5.41, 5.74) is 0. The Morgan fingerprint density at radius 3 is 2.94 bits per heavy atom. The lowest BCUT2D eigenvalue weighted by Crippen LogP contribution is -2.19. The van der Waals surface area contributed by atoms with Crippen molar-refractivity contribution in [3.05, 3.63) is 11.1 Å². The fraction of sp³-hybridized carbons (Fsp3) is 0.769. The van der Waals surface area contributed by atoms with E-state index in [9.17, 15) is 0 Å². The zero-order valence-electron chi connectivity index (χ0n) is 11.1. The van der Waals surface area contributed by atoms with Gasteiger partial charge in [0.2, 0.25) is 0 Å². The fourth-order valence-electron chi connectivity index (χ4n) is 1.81. The molecule has 1 aromatic heterocycles. The van der Waals surface area contributed by atoms with E-state index in [1.54, 1.807) is 0 Å². The maximum Gasteiger partial charge on any atom is 0.185 e. The van der Waals surface area contributed by atoms with Crippen LogP contribution in [0.5, 0.6) is 0 Å². The molecule has 0 saturated heterocycles. The van der Waals surface area contributed by atoms with Crippen LogP contribution in [-0.4, -0.2) is 25.1 Å². The fourth-order valence-corrected chi connectivity index (χ4v) is 2.66. The number of nitrogens with one attached hydrogen (secondary N) is 1. The zero-order valence-corrected chi connectivity index (χ0v) is 11.9. The molecule has 0 spiro atoms. The van der Waals surface area contributed by atoms with E-state index in [2.05, 4.69) is 36.1 Å². The van der Waals surface area contributed by atoms with Crippen molar-refractivity contribution in [2.24, 2.45) is 11.8 Å². The van der Waals surface area contributed by atoms with Gasteiger partial charge in [0, 0.05) is 31.2 Å². The van der Waals surface area contributed by atoms with Gasteiger partial charge in [-0.1, -0.05) is 13.8 Å². The smallest absolute Gasteiger partial charge is 0.185 e. The second kappa shape index (κ2) is 5.83. The Morgan fingerprint density at radius 2 is 2.29 bits per heavy atom. The molecule has 0 aromatic carbocycles. The van der Waals surface area contributed by atoms with Gasteiger partial charge in [-0.15, -0.1) is 11.3 Å². The predicted molar refractivity (Wildman–Crippen MR) is 74.7 cm³/mol. The van der Waals surface area contributed by atoms with Crippen molar-refractivity contribution in [3.8, 4) is 0 Å². The Labute approximate surface area is 108 Å². The van der Waals surface area contributed by atoms with Gasteiger partial charge in [0.15, 0.2) is 5.13 Å². The summed E-state index contributed by atoms with van der Waals surface area (Å²) in [6.07, 6.45) is 4.81. The van der Waals surface area contributed by atoms with Gasteiger partial charge in [0.25, 0.3) is 0 Å². The van der Waals surface area contributed by atoms with Crippen LogP contribution in [0.4, 0.5) is 5.13 Å². The van der Waals surface area contributed by atoms with E-state index in [-0.39, 0.29) is 0 Å². The van der Waals surface area contributed by atoms with Crippen LogP contribution in [0.3, 0.4) is 0 Å². The molecule has 1 N–H and O–H groups in total. The summed E-state index contributed by atoms with van der Waals surface area (Å²) in [5.74, 6) is 1.63. The SMILES string of the molecule is CC(C)CNCc1cnc(N(C)CC2CC2)s1. The van der Waals surface area contributed by atoms with Crippen molar-refractivity contribution in [3.63, 3.8) is 0 Å². The largest absolute Gasteiger partial charge is 0.351 e. The van der Waals surface area contributed by atoms with Crippen molar-refractivity contribution < 1.29 is 0 Å². The maximum absolute atomic E-state index is 4.50. The van der Waals surface area contributed by atoms with Crippen molar-refractivity contribution in [1.29, 1.82) is 0 Å². The third kappa shape index (κ3) is 4.28. The highest BCUT2D eigenvalue weighted by molar-refractivity contribution is 7.15. The number of aromatic nitrogens is 1. The van der Waals surface area contributed by atoms with Gasteiger partial charge >= 0.3 is 0 Å². The van der Waals surface area contributed by atoms with Crippen LogP contribution in [0.25, 0.3) is 0 Å². The van der Waals surface area contributed by atoms with Crippen LogP contribution in [0.15, 0.2) is 6.20 Å². The van der Waals surface area contributed by atoms with Crippen LogP contribution in [-0.2, 0) is 6.54 Å². The number of thiazole rings is 1. The monoisotopic (exact) mass is 253 g/mol. The lowest BCUT2D eigenvalue weighted by Gasteiger charge is -2.14. The molecule has 0 bridgehead atoms. The Morgan fingerprint density at radius 1 is 1.53 bits per heavy atom. The number of hydrogen-bond donors (Lipinski definition) is 1. The molecule has 17 heavy (non-hydrogen) atoms. The lowest BCUT2D eigenvalue weighted by molar-refractivity contribution is 0.554. The van der Waals surface area contributed by atoms with Gasteiger partial charge in [-0.3, -0.25) is 0 Å². The standard InChI is InChI=1S/C13H23N3S/c1-10(2)6-14-7-12-8-15-13(17-12)16(3)9-11-4-5-11/h8,10-11,14H,4-7,9H2,1-3H3. The van der Waals surface area contributed by atoms with Gasteiger partial charge < -0.3 is 10.2 Å².